The maximum absolute atomic E-state index is 12.8. The van der Waals surface area contributed by atoms with Crippen molar-refractivity contribution in [3.8, 4) is 17.2 Å². The van der Waals surface area contributed by atoms with Crippen molar-refractivity contribution in [3.63, 3.8) is 0 Å². The molecule has 0 unspecified atom stereocenters. The zero-order chi connectivity index (χ0) is 24.4. The van der Waals surface area contributed by atoms with Gasteiger partial charge in [-0.05, 0) is 42.3 Å². The Morgan fingerprint density at radius 1 is 0.853 bits per heavy atom. The molecule has 0 aliphatic rings. The molecule has 0 saturated heterocycles. The van der Waals surface area contributed by atoms with Crippen molar-refractivity contribution in [3.05, 3.63) is 59.7 Å². The van der Waals surface area contributed by atoms with Crippen molar-refractivity contribution in [1.82, 2.24) is 0 Å². The summed E-state index contributed by atoms with van der Waals surface area (Å²) < 4.78 is 16.1. The first kappa shape index (κ1) is 27.5. The molecule has 0 spiro atoms. The number of hydrogen-bond donors (Lipinski definition) is 1. The molecule has 0 radical (unpaired) electrons. The van der Waals surface area contributed by atoms with E-state index in [1.807, 2.05) is 24.3 Å². The predicted octanol–water partition coefficient (Wildman–Crippen LogP) is 7.57. The fourth-order valence-electron chi connectivity index (χ4n) is 3.72. The van der Waals surface area contributed by atoms with Crippen LogP contribution >= 0.6 is 0 Å². The van der Waals surface area contributed by atoms with Gasteiger partial charge in [-0.2, -0.15) is 0 Å². The van der Waals surface area contributed by atoms with Gasteiger partial charge in [-0.1, -0.05) is 89.0 Å². The number of carbonyl (C=O) groups is 1. The van der Waals surface area contributed by atoms with E-state index in [2.05, 4.69) is 6.92 Å². The van der Waals surface area contributed by atoms with Crippen LogP contribution in [0.1, 0.15) is 87.1 Å². The van der Waals surface area contributed by atoms with Crippen molar-refractivity contribution >= 4 is 11.9 Å². The normalized spacial score (nSPS) is 11.1. The molecule has 186 valence electrons. The molecule has 5 heteroatoms. The first-order valence-electron chi connectivity index (χ1n) is 12.5. The summed E-state index contributed by atoms with van der Waals surface area (Å²) in [4.78, 5) is 12.8. The van der Waals surface area contributed by atoms with E-state index in [0.29, 0.717) is 18.1 Å². The van der Waals surface area contributed by atoms with Crippen molar-refractivity contribution in [1.29, 1.82) is 0 Å². The topological polar surface area (TPSA) is 65.0 Å². The Labute approximate surface area is 204 Å². The standard InChI is InChI=1S/C29H40O5/c1-3-4-5-6-7-8-9-10-11-12-22-33-28-15-13-14-26(30)29(28)27(31)21-18-24-16-19-25(20-17-24)34-23-32-2/h13-21,30H,3-12,22-23H2,1-2H3/b21-18+. The Kier molecular flexibility index (Phi) is 13.5. The van der Waals surface area contributed by atoms with Crippen molar-refractivity contribution in [2.45, 2.75) is 71.1 Å². The molecule has 0 amide bonds. The first-order valence-corrected chi connectivity index (χ1v) is 12.5. The van der Waals surface area contributed by atoms with E-state index in [4.69, 9.17) is 14.2 Å². The van der Waals surface area contributed by atoms with Gasteiger partial charge in [0.2, 0.25) is 0 Å². The highest BCUT2D eigenvalue weighted by Crippen LogP contribution is 2.29. The zero-order valence-electron chi connectivity index (χ0n) is 20.8. The number of phenols is 1. The van der Waals surface area contributed by atoms with Gasteiger partial charge in [0, 0.05) is 7.11 Å². The van der Waals surface area contributed by atoms with Crippen LogP contribution < -0.4 is 9.47 Å². The number of hydrogen-bond acceptors (Lipinski definition) is 5. The van der Waals surface area contributed by atoms with Crippen LogP contribution in [-0.2, 0) is 4.74 Å². The predicted molar refractivity (Wildman–Crippen MR) is 138 cm³/mol. The number of phenolic OH excluding ortho intramolecular Hbond substituents is 1. The Balaban J connectivity index is 1.78. The van der Waals surface area contributed by atoms with Crippen LogP contribution in [-0.4, -0.2) is 31.4 Å². The molecule has 0 aliphatic carbocycles. The van der Waals surface area contributed by atoms with Crippen molar-refractivity contribution in [2.75, 3.05) is 20.5 Å². The fourth-order valence-corrected chi connectivity index (χ4v) is 3.72. The smallest absolute Gasteiger partial charge is 0.193 e. The first-order chi connectivity index (χ1) is 16.7. The summed E-state index contributed by atoms with van der Waals surface area (Å²) in [5.74, 6) is 0.747. The van der Waals surface area contributed by atoms with Crippen LogP contribution in [0.3, 0.4) is 0 Å². The highest BCUT2D eigenvalue weighted by Gasteiger charge is 2.15. The number of aromatic hydroxyl groups is 1. The second kappa shape index (κ2) is 16.8. The average molecular weight is 469 g/mol. The van der Waals surface area contributed by atoms with Gasteiger partial charge in [0.1, 0.15) is 22.8 Å². The molecule has 1 N–H and O–H groups in total. The number of methoxy groups -OCH3 is 1. The molecular formula is C29H40O5. The Bertz CT molecular complexity index is 857. The minimum absolute atomic E-state index is 0.0708. The molecule has 5 nitrogen and oxygen atoms in total. The largest absolute Gasteiger partial charge is 0.507 e. The molecule has 0 saturated carbocycles. The van der Waals surface area contributed by atoms with E-state index < -0.39 is 0 Å². The van der Waals surface area contributed by atoms with Crippen LogP contribution in [0.25, 0.3) is 6.08 Å². The van der Waals surface area contributed by atoms with E-state index in [9.17, 15) is 9.90 Å². The summed E-state index contributed by atoms with van der Waals surface area (Å²) in [5.41, 5.74) is 1.05. The number of carbonyl (C=O) groups excluding carboxylic acids is 1. The van der Waals surface area contributed by atoms with Gasteiger partial charge in [-0.25, -0.2) is 0 Å². The van der Waals surface area contributed by atoms with Crippen LogP contribution in [0.15, 0.2) is 48.5 Å². The van der Waals surface area contributed by atoms with E-state index in [0.717, 1.165) is 18.4 Å². The molecule has 0 aromatic heterocycles. The monoisotopic (exact) mass is 468 g/mol. The minimum atomic E-state index is -0.295. The lowest BCUT2D eigenvalue weighted by Gasteiger charge is -2.11. The molecule has 2 rings (SSSR count). The summed E-state index contributed by atoms with van der Waals surface area (Å²) in [6.45, 7) is 2.96. The van der Waals surface area contributed by atoms with Crippen LogP contribution in [0, 0.1) is 0 Å². The van der Waals surface area contributed by atoms with Gasteiger partial charge >= 0.3 is 0 Å². The third-order valence-corrected chi connectivity index (χ3v) is 5.66. The summed E-state index contributed by atoms with van der Waals surface area (Å²) in [6.07, 6.45) is 15.7. The number of allylic oxidation sites excluding steroid dienone is 1. The maximum atomic E-state index is 12.8. The van der Waals surface area contributed by atoms with Crippen molar-refractivity contribution < 1.29 is 24.1 Å². The third kappa shape index (κ3) is 10.4. The summed E-state index contributed by atoms with van der Waals surface area (Å²) in [5, 5.41) is 10.3. The van der Waals surface area contributed by atoms with E-state index in [1.54, 1.807) is 25.3 Å². The molecule has 2 aromatic rings. The van der Waals surface area contributed by atoms with E-state index >= 15 is 0 Å². The zero-order valence-corrected chi connectivity index (χ0v) is 20.8. The quantitative estimate of drug-likeness (QED) is 0.106. The highest BCUT2D eigenvalue weighted by atomic mass is 16.7. The third-order valence-electron chi connectivity index (χ3n) is 5.66. The SMILES string of the molecule is CCCCCCCCCCCCOc1cccc(O)c1C(=O)/C=C/c1ccc(OCOC)cc1. The van der Waals surface area contributed by atoms with E-state index in [-0.39, 0.29) is 23.9 Å². The molecule has 0 heterocycles. The molecule has 0 atom stereocenters. The van der Waals surface area contributed by atoms with Crippen LogP contribution in [0.5, 0.6) is 17.2 Å². The number of unbranched alkanes of at least 4 members (excludes halogenated alkanes) is 9. The number of ketones is 1. The molecule has 0 fully saturated rings. The Morgan fingerprint density at radius 2 is 1.50 bits per heavy atom. The van der Waals surface area contributed by atoms with Gasteiger partial charge in [0.05, 0.1) is 6.61 Å². The second-order valence-corrected chi connectivity index (χ2v) is 8.50. The number of ether oxygens (including phenoxy) is 3. The molecule has 34 heavy (non-hydrogen) atoms. The lowest BCUT2D eigenvalue weighted by atomic mass is 10.1. The van der Waals surface area contributed by atoms with Gasteiger partial charge in [-0.15, -0.1) is 0 Å². The van der Waals surface area contributed by atoms with Gasteiger partial charge in [0.25, 0.3) is 0 Å². The Morgan fingerprint density at radius 3 is 2.15 bits per heavy atom. The molecule has 0 aliphatic heterocycles. The molecular weight excluding hydrogens is 428 g/mol. The van der Waals surface area contributed by atoms with E-state index in [1.165, 1.54) is 63.5 Å². The Hall–Kier alpha value is -2.79. The lowest BCUT2D eigenvalue weighted by molar-refractivity contribution is 0.0511. The lowest BCUT2D eigenvalue weighted by Crippen LogP contribution is -2.04. The van der Waals surface area contributed by atoms with Gasteiger partial charge in [0.15, 0.2) is 12.6 Å². The van der Waals surface area contributed by atoms with Crippen LogP contribution in [0.2, 0.25) is 0 Å². The van der Waals surface area contributed by atoms with Crippen LogP contribution in [0.4, 0.5) is 0 Å². The second-order valence-electron chi connectivity index (χ2n) is 8.50. The van der Waals surface area contributed by atoms with Gasteiger partial charge < -0.3 is 19.3 Å². The average Bonchev–Trinajstić information content (AvgIpc) is 2.85. The molecule has 2 aromatic carbocycles. The summed E-state index contributed by atoms with van der Waals surface area (Å²) in [7, 11) is 1.57. The van der Waals surface area contributed by atoms with Crippen molar-refractivity contribution in [2.24, 2.45) is 0 Å². The fraction of sp³-hybridized carbons (Fsp3) is 0.483. The highest BCUT2D eigenvalue weighted by molar-refractivity contribution is 6.10. The minimum Gasteiger partial charge on any atom is -0.507 e. The summed E-state index contributed by atoms with van der Waals surface area (Å²) in [6, 6.07) is 12.3. The maximum Gasteiger partial charge on any atom is 0.193 e. The number of benzene rings is 2. The number of rotatable bonds is 18. The molecule has 0 bridgehead atoms. The summed E-state index contributed by atoms with van der Waals surface area (Å²) >= 11 is 0. The van der Waals surface area contributed by atoms with Gasteiger partial charge in [-0.3, -0.25) is 4.79 Å².